The van der Waals surface area contributed by atoms with E-state index in [-0.39, 0.29) is 17.8 Å². The minimum atomic E-state index is -1.10. The SMILES string of the molecule is CCC1(CC)CC(=O)N([C@H]2c3cc(C(=O)N[C@@H]4c5ccccc5C[C@@]4(C)O)ccc3OC2(C)C)C(=N)N1. The van der Waals surface area contributed by atoms with Crippen molar-refractivity contribution in [3.05, 3.63) is 64.7 Å². The third-order valence-electron chi connectivity index (χ3n) is 8.40. The number of rotatable bonds is 5. The van der Waals surface area contributed by atoms with Crippen molar-refractivity contribution in [2.24, 2.45) is 0 Å². The van der Waals surface area contributed by atoms with Crippen molar-refractivity contribution in [1.82, 2.24) is 15.5 Å². The molecule has 2 aliphatic heterocycles. The molecule has 1 saturated heterocycles. The number of aliphatic hydroxyl groups is 1. The molecular formula is C29H36N4O4. The van der Waals surface area contributed by atoms with Gasteiger partial charge in [-0.15, -0.1) is 0 Å². The molecule has 5 rings (SSSR count). The van der Waals surface area contributed by atoms with Crippen LogP contribution in [0.15, 0.2) is 42.5 Å². The molecule has 0 saturated carbocycles. The quantitative estimate of drug-likeness (QED) is 0.492. The van der Waals surface area contributed by atoms with Gasteiger partial charge in [-0.05, 0) is 62.9 Å². The summed E-state index contributed by atoms with van der Waals surface area (Å²) >= 11 is 0. The van der Waals surface area contributed by atoms with Crippen molar-refractivity contribution in [3.8, 4) is 5.75 Å². The predicted octanol–water partition coefficient (Wildman–Crippen LogP) is 3.99. The normalized spacial score (nSPS) is 27.2. The molecule has 1 fully saturated rings. The van der Waals surface area contributed by atoms with E-state index < -0.39 is 28.8 Å². The van der Waals surface area contributed by atoms with Gasteiger partial charge in [0, 0.05) is 23.1 Å². The summed E-state index contributed by atoms with van der Waals surface area (Å²) in [5.74, 6) is 0.203. The second kappa shape index (κ2) is 8.58. The van der Waals surface area contributed by atoms with Gasteiger partial charge in [0.2, 0.25) is 5.91 Å². The van der Waals surface area contributed by atoms with E-state index in [0.717, 1.165) is 24.0 Å². The summed E-state index contributed by atoms with van der Waals surface area (Å²) < 4.78 is 6.22. The second-order valence-electron chi connectivity index (χ2n) is 11.4. The van der Waals surface area contributed by atoms with E-state index in [1.807, 2.05) is 52.0 Å². The molecule has 2 amide bonds. The third-order valence-corrected chi connectivity index (χ3v) is 8.40. The Morgan fingerprint density at radius 1 is 1.14 bits per heavy atom. The molecule has 3 atom stereocenters. The smallest absolute Gasteiger partial charge is 0.251 e. The number of hydrogen-bond acceptors (Lipinski definition) is 5. The van der Waals surface area contributed by atoms with E-state index in [4.69, 9.17) is 10.1 Å². The van der Waals surface area contributed by atoms with Gasteiger partial charge in [0.05, 0.1) is 18.1 Å². The summed E-state index contributed by atoms with van der Waals surface area (Å²) in [6, 6.07) is 11.8. The van der Waals surface area contributed by atoms with Gasteiger partial charge < -0.3 is 20.5 Å². The maximum absolute atomic E-state index is 13.4. The van der Waals surface area contributed by atoms with Gasteiger partial charge in [-0.3, -0.25) is 19.9 Å². The van der Waals surface area contributed by atoms with E-state index in [1.54, 1.807) is 25.1 Å². The molecule has 1 aliphatic carbocycles. The molecular weight excluding hydrogens is 468 g/mol. The van der Waals surface area contributed by atoms with Crippen LogP contribution in [0.3, 0.4) is 0 Å². The molecule has 3 aliphatic rings. The van der Waals surface area contributed by atoms with Crippen LogP contribution in [0.25, 0.3) is 0 Å². The summed E-state index contributed by atoms with van der Waals surface area (Å²) in [5.41, 5.74) is 0.712. The van der Waals surface area contributed by atoms with E-state index in [0.29, 0.717) is 29.7 Å². The number of ether oxygens (including phenoxy) is 1. The molecule has 2 heterocycles. The van der Waals surface area contributed by atoms with Crippen molar-refractivity contribution in [1.29, 1.82) is 5.41 Å². The molecule has 8 heteroatoms. The van der Waals surface area contributed by atoms with E-state index in [1.165, 1.54) is 4.90 Å². The fourth-order valence-electron chi connectivity index (χ4n) is 6.21. The lowest BCUT2D eigenvalue weighted by molar-refractivity contribution is -0.135. The van der Waals surface area contributed by atoms with Gasteiger partial charge in [-0.25, -0.2) is 0 Å². The highest BCUT2D eigenvalue weighted by Gasteiger charge is 2.51. The van der Waals surface area contributed by atoms with Crippen LogP contribution in [-0.2, 0) is 11.2 Å². The van der Waals surface area contributed by atoms with Crippen molar-refractivity contribution in [3.63, 3.8) is 0 Å². The van der Waals surface area contributed by atoms with Gasteiger partial charge in [-0.1, -0.05) is 38.1 Å². The maximum Gasteiger partial charge on any atom is 0.251 e. The molecule has 0 unspecified atom stereocenters. The largest absolute Gasteiger partial charge is 0.485 e. The molecule has 4 N–H and O–H groups in total. The monoisotopic (exact) mass is 504 g/mol. The number of nitrogens with zero attached hydrogens (tertiary/aromatic N) is 1. The first-order valence-corrected chi connectivity index (χ1v) is 13.0. The summed E-state index contributed by atoms with van der Waals surface area (Å²) in [7, 11) is 0. The van der Waals surface area contributed by atoms with Crippen LogP contribution < -0.4 is 15.4 Å². The van der Waals surface area contributed by atoms with Crippen LogP contribution in [-0.4, -0.2) is 44.5 Å². The third kappa shape index (κ3) is 4.07. The van der Waals surface area contributed by atoms with Crippen LogP contribution in [0.2, 0.25) is 0 Å². The molecule has 0 bridgehead atoms. The minimum Gasteiger partial charge on any atom is -0.485 e. The van der Waals surface area contributed by atoms with Crippen molar-refractivity contribution in [2.75, 3.05) is 0 Å². The van der Waals surface area contributed by atoms with Crippen LogP contribution in [0.5, 0.6) is 5.75 Å². The van der Waals surface area contributed by atoms with Crippen molar-refractivity contribution < 1.29 is 19.4 Å². The Balaban J connectivity index is 1.45. The van der Waals surface area contributed by atoms with Crippen LogP contribution in [0, 0.1) is 5.41 Å². The van der Waals surface area contributed by atoms with E-state index in [2.05, 4.69) is 10.6 Å². The first-order chi connectivity index (χ1) is 17.4. The number of fused-ring (bicyclic) bond motifs is 2. The van der Waals surface area contributed by atoms with Crippen LogP contribution in [0.4, 0.5) is 0 Å². The lowest BCUT2D eigenvalue weighted by atomic mass is 9.84. The van der Waals surface area contributed by atoms with Gasteiger partial charge in [0.1, 0.15) is 17.4 Å². The number of carbonyl (C=O) groups excluding carboxylic acids is 2. The summed E-state index contributed by atoms with van der Waals surface area (Å²) in [6.07, 6.45) is 2.24. The zero-order chi connectivity index (χ0) is 26.8. The van der Waals surface area contributed by atoms with Gasteiger partial charge in [-0.2, -0.15) is 0 Å². The molecule has 2 aromatic carbocycles. The zero-order valence-electron chi connectivity index (χ0n) is 22.1. The fraction of sp³-hybridized carbons (Fsp3) is 0.483. The molecule has 37 heavy (non-hydrogen) atoms. The lowest BCUT2D eigenvalue weighted by Gasteiger charge is -2.46. The molecule has 0 aromatic heterocycles. The Bertz CT molecular complexity index is 1260. The highest BCUT2D eigenvalue weighted by molar-refractivity contribution is 6.00. The number of hydrogen-bond donors (Lipinski definition) is 4. The Labute approximate surface area is 217 Å². The molecule has 0 radical (unpaired) electrons. The Hall–Kier alpha value is -3.39. The van der Waals surface area contributed by atoms with E-state index >= 15 is 0 Å². The fourth-order valence-corrected chi connectivity index (χ4v) is 6.21. The summed E-state index contributed by atoms with van der Waals surface area (Å²) in [6.45, 7) is 9.57. The zero-order valence-corrected chi connectivity index (χ0v) is 22.1. The molecule has 2 aromatic rings. The molecule has 0 spiro atoms. The number of benzene rings is 2. The number of amides is 2. The first-order valence-electron chi connectivity index (χ1n) is 13.0. The van der Waals surface area contributed by atoms with Crippen molar-refractivity contribution in [2.45, 2.75) is 89.1 Å². The average molecular weight is 505 g/mol. The van der Waals surface area contributed by atoms with Gasteiger partial charge in [0.15, 0.2) is 5.96 Å². The predicted molar refractivity (Wildman–Crippen MR) is 141 cm³/mol. The van der Waals surface area contributed by atoms with E-state index in [9.17, 15) is 14.7 Å². The number of carbonyl (C=O) groups is 2. The molecule has 8 nitrogen and oxygen atoms in total. The standard InChI is InChI=1S/C29H36N4O4/c1-6-29(7-2)16-22(34)33(26(30)32-29)24-20-14-17(12-13-21(20)37-27(24,3)4)25(35)31-23-19-11-9-8-10-18(19)15-28(23,5)36/h8-14,23-24,36H,6-7,15-16H2,1-5H3,(H2,30,32)(H,31,35)/t23-,24+,28-/m1/s1. The Morgan fingerprint density at radius 2 is 1.84 bits per heavy atom. The Morgan fingerprint density at radius 3 is 2.51 bits per heavy atom. The topological polar surface area (TPSA) is 115 Å². The number of nitrogens with one attached hydrogen (secondary N) is 3. The average Bonchev–Trinajstić information content (AvgIpc) is 3.26. The maximum atomic E-state index is 13.4. The summed E-state index contributed by atoms with van der Waals surface area (Å²) in [5, 5.41) is 26.1. The number of guanidine groups is 1. The second-order valence-corrected chi connectivity index (χ2v) is 11.4. The molecule has 196 valence electrons. The van der Waals surface area contributed by atoms with Crippen LogP contribution in [0.1, 0.15) is 93.0 Å². The summed E-state index contributed by atoms with van der Waals surface area (Å²) in [4.78, 5) is 28.4. The highest BCUT2D eigenvalue weighted by Crippen LogP contribution is 2.48. The Kier molecular flexibility index (Phi) is 5.86. The van der Waals surface area contributed by atoms with Gasteiger partial charge >= 0.3 is 0 Å². The van der Waals surface area contributed by atoms with Crippen LogP contribution >= 0.6 is 0 Å². The lowest BCUT2D eigenvalue weighted by Crippen LogP contribution is -2.64. The van der Waals surface area contributed by atoms with Gasteiger partial charge in [0.25, 0.3) is 5.91 Å². The highest BCUT2D eigenvalue weighted by atomic mass is 16.5. The first kappa shape index (κ1) is 25.3. The minimum absolute atomic E-state index is 0.0583. The van der Waals surface area contributed by atoms with Crippen molar-refractivity contribution >= 4 is 17.8 Å².